The van der Waals surface area contributed by atoms with E-state index in [2.05, 4.69) is 29.0 Å². The fourth-order valence-electron chi connectivity index (χ4n) is 3.44. The number of carbonyl (C=O) groups is 1. The van der Waals surface area contributed by atoms with Crippen molar-refractivity contribution in [3.8, 4) is 0 Å². The normalized spacial score (nSPS) is 18.4. The van der Waals surface area contributed by atoms with Crippen LogP contribution in [0.25, 0.3) is 5.70 Å². The molecule has 7 heteroatoms. The van der Waals surface area contributed by atoms with Crippen LogP contribution in [-0.2, 0) is 9.68 Å². The van der Waals surface area contributed by atoms with Crippen molar-refractivity contribution >= 4 is 29.2 Å². The topological polar surface area (TPSA) is 62.8 Å². The Hall–Kier alpha value is -2.48. The van der Waals surface area contributed by atoms with E-state index in [0.29, 0.717) is 13.1 Å². The monoisotopic (exact) mass is 397 g/mol. The van der Waals surface area contributed by atoms with E-state index in [4.69, 9.17) is 9.68 Å². The fraction of sp³-hybridized carbons (Fsp3) is 0.286. The first-order chi connectivity index (χ1) is 13.7. The van der Waals surface area contributed by atoms with E-state index in [1.807, 2.05) is 48.7 Å². The third-order valence-corrected chi connectivity index (χ3v) is 5.78. The molecule has 28 heavy (non-hydrogen) atoms. The predicted molar refractivity (Wildman–Crippen MR) is 111 cm³/mol. The lowest BCUT2D eigenvalue weighted by atomic mass is 9.91. The van der Waals surface area contributed by atoms with Gasteiger partial charge in [-0.3, -0.25) is 15.6 Å². The summed E-state index contributed by atoms with van der Waals surface area (Å²) in [5.41, 5.74) is 5.55. The molecule has 2 heterocycles. The van der Waals surface area contributed by atoms with Crippen molar-refractivity contribution in [2.75, 3.05) is 24.7 Å². The van der Waals surface area contributed by atoms with Gasteiger partial charge in [-0.05, 0) is 42.9 Å². The third-order valence-electron chi connectivity index (χ3n) is 4.98. The number of nitrogens with one attached hydrogen (secondary N) is 2. The van der Waals surface area contributed by atoms with Crippen LogP contribution in [0.2, 0.25) is 0 Å². The predicted octanol–water partition coefficient (Wildman–Crippen LogP) is 4.28. The first-order valence-corrected chi connectivity index (χ1v) is 10.5. The number of para-hydroxylation sites is 1. The van der Waals surface area contributed by atoms with Crippen LogP contribution in [0, 0.1) is 0 Å². The molecule has 0 aromatic heterocycles. The maximum atomic E-state index is 12.3. The molecule has 1 saturated heterocycles. The number of hydrogen-bond donors (Lipinski definition) is 2. The number of amides is 1. The zero-order valence-electron chi connectivity index (χ0n) is 15.7. The van der Waals surface area contributed by atoms with Gasteiger partial charge in [0, 0.05) is 18.0 Å². The van der Waals surface area contributed by atoms with Crippen molar-refractivity contribution in [1.82, 2.24) is 10.5 Å². The maximum Gasteiger partial charge on any atom is 0.430 e. The molecule has 4 rings (SSSR count). The molecule has 0 bridgehead atoms. The lowest BCUT2D eigenvalue weighted by molar-refractivity contribution is -0.153. The standard InChI is InChI=1S/C21H23N3O3S/c1-28-19-10-6-5-9-17(19)22-20(25)26-24-13-11-21(12-14-24)15-18(23-27-21)16-7-3-2-4-8-16/h2-10,15,23H,11-14H2,1H3,(H,22,25). The summed E-state index contributed by atoms with van der Waals surface area (Å²) in [7, 11) is 0. The Balaban J connectivity index is 1.32. The number of hydrogen-bond acceptors (Lipinski definition) is 6. The van der Waals surface area contributed by atoms with E-state index in [9.17, 15) is 4.79 Å². The van der Waals surface area contributed by atoms with Gasteiger partial charge >= 0.3 is 6.09 Å². The Bertz CT molecular complexity index is 864. The van der Waals surface area contributed by atoms with E-state index in [1.165, 1.54) is 0 Å². The summed E-state index contributed by atoms with van der Waals surface area (Å²) < 4.78 is 0. The average Bonchev–Trinajstić information content (AvgIpc) is 3.15. The van der Waals surface area contributed by atoms with Crippen LogP contribution in [0.4, 0.5) is 10.5 Å². The van der Waals surface area contributed by atoms with Crippen LogP contribution in [0.1, 0.15) is 18.4 Å². The molecule has 146 valence electrons. The molecular formula is C21H23N3O3S. The molecule has 1 fully saturated rings. The molecule has 2 aliphatic heterocycles. The smallest absolute Gasteiger partial charge is 0.351 e. The van der Waals surface area contributed by atoms with Crippen LogP contribution < -0.4 is 10.8 Å². The Morgan fingerprint density at radius 1 is 1.14 bits per heavy atom. The summed E-state index contributed by atoms with van der Waals surface area (Å²) in [6.45, 7) is 1.22. The number of rotatable bonds is 4. The van der Waals surface area contributed by atoms with Crippen molar-refractivity contribution in [2.45, 2.75) is 23.3 Å². The van der Waals surface area contributed by atoms with E-state index < -0.39 is 6.09 Å². The van der Waals surface area contributed by atoms with E-state index in [-0.39, 0.29) is 5.60 Å². The van der Waals surface area contributed by atoms with Crippen LogP contribution in [0.3, 0.4) is 0 Å². The number of nitrogens with zero attached hydrogens (tertiary/aromatic N) is 1. The van der Waals surface area contributed by atoms with Crippen molar-refractivity contribution in [1.29, 1.82) is 0 Å². The van der Waals surface area contributed by atoms with Crippen LogP contribution in [0.15, 0.2) is 65.6 Å². The van der Waals surface area contributed by atoms with Gasteiger partial charge in [-0.25, -0.2) is 4.79 Å². The van der Waals surface area contributed by atoms with Gasteiger partial charge in [0.25, 0.3) is 0 Å². The van der Waals surface area contributed by atoms with E-state index >= 15 is 0 Å². The van der Waals surface area contributed by atoms with Crippen LogP contribution in [-0.4, -0.2) is 36.1 Å². The molecule has 0 aliphatic carbocycles. The Labute approximate surface area is 168 Å². The SMILES string of the molecule is CSc1ccccc1NC(=O)ON1CCC2(C=C(c3ccccc3)NO2)CC1. The van der Waals surface area contributed by atoms with Crippen molar-refractivity contribution < 1.29 is 14.5 Å². The largest absolute Gasteiger partial charge is 0.430 e. The Morgan fingerprint density at radius 3 is 2.61 bits per heavy atom. The van der Waals surface area contributed by atoms with Gasteiger partial charge in [-0.15, -0.1) is 16.8 Å². The molecule has 1 spiro atoms. The number of anilines is 1. The fourth-order valence-corrected chi connectivity index (χ4v) is 3.99. The molecule has 1 amide bonds. The molecule has 2 aromatic rings. The highest BCUT2D eigenvalue weighted by atomic mass is 32.2. The lowest BCUT2D eigenvalue weighted by Crippen LogP contribution is -2.45. The van der Waals surface area contributed by atoms with Gasteiger partial charge in [-0.2, -0.15) is 0 Å². The lowest BCUT2D eigenvalue weighted by Gasteiger charge is -2.35. The zero-order chi connectivity index (χ0) is 19.4. The summed E-state index contributed by atoms with van der Waals surface area (Å²) in [5, 5.41) is 4.51. The summed E-state index contributed by atoms with van der Waals surface area (Å²) in [6.07, 6.45) is 5.14. The summed E-state index contributed by atoms with van der Waals surface area (Å²) in [6, 6.07) is 17.8. The molecular weight excluding hydrogens is 374 g/mol. The van der Waals surface area contributed by atoms with Gasteiger partial charge in [0.1, 0.15) is 5.60 Å². The molecule has 0 atom stereocenters. The molecule has 6 nitrogen and oxygen atoms in total. The minimum absolute atomic E-state index is 0.354. The number of piperidine rings is 1. The van der Waals surface area contributed by atoms with E-state index in [0.717, 1.165) is 34.7 Å². The quantitative estimate of drug-likeness (QED) is 0.751. The highest BCUT2D eigenvalue weighted by Crippen LogP contribution is 2.34. The number of hydroxylamine groups is 3. The number of thioether (sulfide) groups is 1. The first-order valence-electron chi connectivity index (χ1n) is 9.27. The zero-order valence-corrected chi connectivity index (χ0v) is 16.5. The summed E-state index contributed by atoms with van der Waals surface area (Å²) >= 11 is 1.58. The molecule has 2 aliphatic rings. The van der Waals surface area contributed by atoms with Gasteiger partial charge in [0.15, 0.2) is 0 Å². The minimum Gasteiger partial charge on any atom is -0.351 e. The molecule has 2 aromatic carbocycles. The Kier molecular flexibility index (Phi) is 5.57. The maximum absolute atomic E-state index is 12.3. The average molecular weight is 398 g/mol. The second-order valence-corrected chi connectivity index (χ2v) is 7.67. The van der Waals surface area contributed by atoms with Crippen molar-refractivity contribution in [3.05, 3.63) is 66.2 Å². The van der Waals surface area contributed by atoms with Gasteiger partial charge in [0.2, 0.25) is 0 Å². The summed E-state index contributed by atoms with van der Waals surface area (Å²) in [5.74, 6) is 0. The van der Waals surface area contributed by atoms with Crippen LogP contribution in [0.5, 0.6) is 0 Å². The van der Waals surface area contributed by atoms with Crippen molar-refractivity contribution in [2.24, 2.45) is 0 Å². The highest BCUT2D eigenvalue weighted by Gasteiger charge is 2.39. The molecule has 0 radical (unpaired) electrons. The second-order valence-electron chi connectivity index (χ2n) is 6.83. The van der Waals surface area contributed by atoms with Crippen LogP contribution >= 0.6 is 11.8 Å². The Morgan fingerprint density at radius 2 is 1.86 bits per heavy atom. The van der Waals surface area contributed by atoms with Gasteiger partial charge in [-0.1, -0.05) is 42.5 Å². The summed E-state index contributed by atoms with van der Waals surface area (Å²) in [4.78, 5) is 24.6. The molecule has 0 saturated carbocycles. The minimum atomic E-state index is -0.469. The number of carbonyl (C=O) groups excluding carboxylic acids is 1. The molecule has 2 N–H and O–H groups in total. The number of benzene rings is 2. The first kappa shape index (κ1) is 18.9. The van der Waals surface area contributed by atoms with Gasteiger partial charge in [0.05, 0.1) is 11.4 Å². The highest BCUT2D eigenvalue weighted by molar-refractivity contribution is 7.98. The molecule has 0 unspecified atom stereocenters. The third kappa shape index (κ3) is 4.16. The van der Waals surface area contributed by atoms with Gasteiger partial charge < -0.3 is 4.84 Å². The van der Waals surface area contributed by atoms with Crippen molar-refractivity contribution in [3.63, 3.8) is 0 Å². The van der Waals surface area contributed by atoms with E-state index in [1.54, 1.807) is 16.8 Å². The second kappa shape index (κ2) is 8.26.